The topological polar surface area (TPSA) is 76.3 Å². The minimum atomic E-state index is -3.61. The molecule has 0 amide bonds. The highest BCUT2D eigenvalue weighted by Crippen LogP contribution is 2.28. The molecule has 0 unspecified atom stereocenters. The van der Waals surface area contributed by atoms with E-state index in [1.807, 2.05) is 19.1 Å². The summed E-state index contributed by atoms with van der Waals surface area (Å²) in [7, 11) is -3.61. The van der Waals surface area contributed by atoms with E-state index >= 15 is 0 Å². The molecular weight excluding hydrogens is 467 g/mol. The zero-order chi connectivity index (χ0) is 24.7. The summed E-state index contributed by atoms with van der Waals surface area (Å²) in [5, 5.41) is 9.68. The van der Waals surface area contributed by atoms with Crippen LogP contribution < -0.4 is 4.90 Å². The van der Waals surface area contributed by atoms with Crippen LogP contribution in [-0.2, 0) is 16.6 Å². The predicted molar refractivity (Wildman–Crippen MR) is 134 cm³/mol. The monoisotopic (exact) mass is 496 g/mol. The van der Waals surface area contributed by atoms with E-state index in [4.69, 9.17) is 0 Å². The van der Waals surface area contributed by atoms with Crippen LogP contribution in [0.2, 0.25) is 0 Å². The van der Waals surface area contributed by atoms with Crippen molar-refractivity contribution in [1.29, 1.82) is 0 Å². The van der Waals surface area contributed by atoms with Gasteiger partial charge < -0.3 is 4.90 Å². The first-order chi connectivity index (χ1) is 16.7. The Kier molecular flexibility index (Phi) is 6.10. The molecule has 1 saturated heterocycles. The molecule has 8 nitrogen and oxygen atoms in total. The smallest absolute Gasteiger partial charge is 0.246 e. The van der Waals surface area contributed by atoms with Gasteiger partial charge in [-0.25, -0.2) is 17.5 Å². The van der Waals surface area contributed by atoms with Crippen LogP contribution in [0.4, 0.5) is 10.1 Å². The summed E-state index contributed by atoms with van der Waals surface area (Å²) in [5.41, 5.74) is 2.73. The summed E-state index contributed by atoms with van der Waals surface area (Å²) in [6.07, 6.45) is 4.87. The van der Waals surface area contributed by atoms with Crippen molar-refractivity contribution in [2.45, 2.75) is 38.3 Å². The minimum absolute atomic E-state index is 0.195. The molecule has 0 saturated carbocycles. The third-order valence-corrected chi connectivity index (χ3v) is 8.29. The number of fused-ring (bicyclic) bond motifs is 1. The van der Waals surface area contributed by atoms with Crippen LogP contribution in [0.25, 0.3) is 16.6 Å². The number of sulfonamides is 1. The van der Waals surface area contributed by atoms with Crippen LogP contribution in [0.3, 0.4) is 0 Å². The number of hydrogen-bond acceptors (Lipinski definition) is 5. The molecule has 3 heterocycles. The molecule has 4 aromatic rings. The van der Waals surface area contributed by atoms with E-state index in [2.05, 4.69) is 35.0 Å². The van der Waals surface area contributed by atoms with Crippen LogP contribution in [0.15, 0.2) is 66.0 Å². The SMILES string of the molecule is CC(C)Cn1cc(S(=O)(=O)N2CCN(c3ccc4c(cnn4-c4ccc(F)cc4)c3)C[C@H]2C)cn1. The first-order valence-electron chi connectivity index (χ1n) is 11.8. The second-order valence-corrected chi connectivity index (χ2v) is 11.4. The van der Waals surface area contributed by atoms with E-state index in [0.29, 0.717) is 32.1 Å². The highest BCUT2D eigenvalue weighted by Gasteiger charge is 2.34. The van der Waals surface area contributed by atoms with Crippen molar-refractivity contribution >= 4 is 26.6 Å². The van der Waals surface area contributed by atoms with Gasteiger partial charge in [-0.3, -0.25) is 4.68 Å². The van der Waals surface area contributed by atoms with Gasteiger partial charge in [0, 0.05) is 49.5 Å². The van der Waals surface area contributed by atoms with Crippen molar-refractivity contribution in [3.63, 3.8) is 0 Å². The Balaban J connectivity index is 1.33. The van der Waals surface area contributed by atoms with Gasteiger partial charge in [0.15, 0.2) is 0 Å². The molecule has 0 N–H and O–H groups in total. The summed E-state index contributed by atoms with van der Waals surface area (Å²) in [6.45, 7) is 8.32. The summed E-state index contributed by atoms with van der Waals surface area (Å²) >= 11 is 0. The minimum Gasteiger partial charge on any atom is -0.369 e. The maximum Gasteiger partial charge on any atom is 0.246 e. The molecule has 0 radical (unpaired) electrons. The van der Waals surface area contributed by atoms with Crippen molar-refractivity contribution in [3.8, 4) is 5.69 Å². The molecule has 1 fully saturated rings. The second kappa shape index (κ2) is 9.09. The average Bonchev–Trinajstić information content (AvgIpc) is 3.46. The molecule has 1 aliphatic rings. The van der Waals surface area contributed by atoms with Crippen LogP contribution in [-0.4, -0.2) is 58.0 Å². The molecule has 1 atom stereocenters. The van der Waals surface area contributed by atoms with E-state index in [1.165, 1.54) is 18.3 Å². The molecule has 1 aliphatic heterocycles. The van der Waals surface area contributed by atoms with Gasteiger partial charge >= 0.3 is 0 Å². The lowest BCUT2D eigenvalue weighted by atomic mass is 10.1. The van der Waals surface area contributed by atoms with Gasteiger partial charge in [0.1, 0.15) is 10.7 Å². The molecule has 184 valence electrons. The van der Waals surface area contributed by atoms with Crippen LogP contribution >= 0.6 is 0 Å². The van der Waals surface area contributed by atoms with E-state index in [1.54, 1.807) is 38.2 Å². The fraction of sp³-hybridized carbons (Fsp3) is 0.360. The van der Waals surface area contributed by atoms with Gasteiger partial charge in [-0.1, -0.05) is 13.8 Å². The average molecular weight is 497 g/mol. The summed E-state index contributed by atoms with van der Waals surface area (Å²) < 4.78 is 44.9. The van der Waals surface area contributed by atoms with E-state index in [9.17, 15) is 12.8 Å². The van der Waals surface area contributed by atoms with E-state index in [-0.39, 0.29) is 16.8 Å². The molecule has 0 bridgehead atoms. The highest BCUT2D eigenvalue weighted by molar-refractivity contribution is 7.89. The van der Waals surface area contributed by atoms with Gasteiger partial charge in [0.2, 0.25) is 10.0 Å². The Hall–Kier alpha value is -3.24. The van der Waals surface area contributed by atoms with Gasteiger partial charge in [0.05, 0.1) is 23.6 Å². The summed E-state index contributed by atoms with van der Waals surface area (Å²) in [5.74, 6) is 0.0974. The van der Waals surface area contributed by atoms with Gasteiger partial charge in [-0.05, 0) is 55.3 Å². The molecule has 2 aromatic heterocycles. The maximum absolute atomic E-state index is 13.3. The molecule has 10 heteroatoms. The Bertz CT molecular complexity index is 1440. The lowest BCUT2D eigenvalue weighted by Crippen LogP contribution is -2.53. The number of benzene rings is 2. The normalized spacial score (nSPS) is 17.5. The predicted octanol–water partition coefficient (Wildman–Crippen LogP) is 3.92. The zero-order valence-corrected chi connectivity index (χ0v) is 20.9. The second-order valence-electron chi connectivity index (χ2n) is 9.48. The molecule has 5 rings (SSSR count). The fourth-order valence-corrected chi connectivity index (χ4v) is 6.19. The van der Waals surface area contributed by atoms with E-state index < -0.39 is 10.0 Å². The number of aromatic nitrogens is 4. The van der Waals surface area contributed by atoms with E-state index in [0.717, 1.165) is 22.3 Å². The molecule has 0 spiro atoms. The number of piperazine rings is 1. The standard InChI is InChI=1S/C25H29FN6O2S/c1-18(2)15-30-17-24(14-27-30)35(33,34)31-11-10-29(16-19(31)3)23-8-9-25-20(12-23)13-28-32(25)22-6-4-21(26)5-7-22/h4-9,12-14,17-19H,10-11,15-16H2,1-3H3/t19-/m1/s1. The maximum atomic E-state index is 13.3. The summed E-state index contributed by atoms with van der Waals surface area (Å²) in [4.78, 5) is 2.45. The Labute approximate surface area is 204 Å². The molecule has 0 aliphatic carbocycles. The van der Waals surface area contributed by atoms with Crippen molar-refractivity contribution in [3.05, 3.63) is 66.9 Å². The van der Waals surface area contributed by atoms with Gasteiger partial charge in [0.25, 0.3) is 0 Å². The fourth-order valence-electron chi connectivity index (χ4n) is 4.62. The number of anilines is 1. The van der Waals surface area contributed by atoms with Gasteiger partial charge in [-0.2, -0.15) is 14.5 Å². The lowest BCUT2D eigenvalue weighted by molar-refractivity contribution is 0.306. The number of halogens is 1. The highest BCUT2D eigenvalue weighted by atomic mass is 32.2. The van der Waals surface area contributed by atoms with Crippen LogP contribution in [0.5, 0.6) is 0 Å². The van der Waals surface area contributed by atoms with Crippen molar-refractivity contribution in [2.75, 3.05) is 24.5 Å². The summed E-state index contributed by atoms with van der Waals surface area (Å²) in [6, 6.07) is 12.1. The molecule has 2 aromatic carbocycles. The Morgan fingerprint density at radius 3 is 2.49 bits per heavy atom. The zero-order valence-electron chi connectivity index (χ0n) is 20.0. The first kappa shape index (κ1) is 23.5. The lowest BCUT2D eigenvalue weighted by Gasteiger charge is -2.39. The molecule has 35 heavy (non-hydrogen) atoms. The Morgan fingerprint density at radius 2 is 1.77 bits per heavy atom. The first-order valence-corrected chi connectivity index (χ1v) is 13.2. The third-order valence-electron chi connectivity index (χ3n) is 6.32. The number of rotatable bonds is 6. The molecular formula is C25H29FN6O2S. The van der Waals surface area contributed by atoms with Crippen molar-refractivity contribution in [2.24, 2.45) is 5.92 Å². The number of hydrogen-bond donors (Lipinski definition) is 0. The largest absolute Gasteiger partial charge is 0.369 e. The number of nitrogens with zero attached hydrogens (tertiary/aromatic N) is 6. The van der Waals surface area contributed by atoms with Crippen LogP contribution in [0.1, 0.15) is 20.8 Å². The third kappa shape index (κ3) is 4.55. The van der Waals surface area contributed by atoms with Crippen LogP contribution in [0, 0.1) is 11.7 Å². The van der Waals surface area contributed by atoms with Gasteiger partial charge in [-0.15, -0.1) is 0 Å². The Morgan fingerprint density at radius 1 is 1.03 bits per heavy atom. The quantitative estimate of drug-likeness (QED) is 0.405. The van der Waals surface area contributed by atoms with Crippen molar-refractivity contribution < 1.29 is 12.8 Å². The van der Waals surface area contributed by atoms with Crippen molar-refractivity contribution in [1.82, 2.24) is 23.9 Å².